The first-order chi connectivity index (χ1) is 8.53. The van der Waals surface area contributed by atoms with Gasteiger partial charge in [-0.2, -0.15) is 0 Å². The Morgan fingerprint density at radius 3 is 2.78 bits per heavy atom. The Morgan fingerprint density at radius 1 is 1.28 bits per heavy atom. The number of hydrogen-bond donors (Lipinski definition) is 2. The number of halogens is 1. The molecular formula is C11H12ClN3O2S. The number of nitrogens with zero attached hydrogens (tertiary/aromatic N) is 1. The zero-order valence-corrected chi connectivity index (χ0v) is 11.0. The molecule has 0 spiro atoms. The minimum Gasteiger partial charge on any atom is -0.329 e. The van der Waals surface area contributed by atoms with Crippen LogP contribution in [0.25, 0.3) is 10.9 Å². The minimum absolute atomic E-state index is 0.188. The summed E-state index contributed by atoms with van der Waals surface area (Å²) in [6, 6.07) is 8.01. The maximum Gasteiger partial charge on any atom is 0.240 e. The van der Waals surface area contributed by atoms with E-state index < -0.39 is 10.0 Å². The molecule has 0 fully saturated rings. The Morgan fingerprint density at radius 2 is 2.06 bits per heavy atom. The maximum atomic E-state index is 11.9. The van der Waals surface area contributed by atoms with Gasteiger partial charge in [0.2, 0.25) is 10.0 Å². The van der Waals surface area contributed by atoms with E-state index in [2.05, 4.69) is 9.71 Å². The van der Waals surface area contributed by atoms with Crippen LogP contribution in [-0.4, -0.2) is 26.5 Å². The lowest BCUT2D eigenvalue weighted by atomic mass is 10.2. The van der Waals surface area contributed by atoms with Gasteiger partial charge in [0, 0.05) is 18.5 Å². The van der Waals surface area contributed by atoms with Gasteiger partial charge < -0.3 is 5.73 Å². The highest BCUT2D eigenvalue weighted by molar-refractivity contribution is 7.89. The maximum absolute atomic E-state index is 11.9. The van der Waals surface area contributed by atoms with E-state index in [4.69, 9.17) is 17.3 Å². The summed E-state index contributed by atoms with van der Waals surface area (Å²) in [5, 5.41) is 1.09. The van der Waals surface area contributed by atoms with Gasteiger partial charge in [0.05, 0.1) is 10.4 Å². The molecule has 0 radical (unpaired) electrons. The SMILES string of the molecule is NCCNS(=O)(=O)c1ccc2nc(Cl)ccc2c1. The van der Waals surface area contributed by atoms with E-state index in [0.717, 1.165) is 5.39 Å². The zero-order chi connectivity index (χ0) is 13.2. The normalized spacial score (nSPS) is 11.9. The molecule has 1 aromatic carbocycles. The second-order valence-corrected chi connectivity index (χ2v) is 5.83. The van der Waals surface area contributed by atoms with E-state index in [-0.39, 0.29) is 18.0 Å². The highest BCUT2D eigenvalue weighted by atomic mass is 35.5. The van der Waals surface area contributed by atoms with Gasteiger partial charge in [0.25, 0.3) is 0 Å². The van der Waals surface area contributed by atoms with Crippen molar-refractivity contribution in [2.45, 2.75) is 4.90 Å². The molecule has 5 nitrogen and oxygen atoms in total. The summed E-state index contributed by atoms with van der Waals surface area (Å²) in [7, 11) is -3.51. The summed E-state index contributed by atoms with van der Waals surface area (Å²) in [6.45, 7) is 0.462. The minimum atomic E-state index is -3.51. The molecule has 0 saturated carbocycles. The highest BCUT2D eigenvalue weighted by Crippen LogP contribution is 2.19. The summed E-state index contributed by atoms with van der Waals surface area (Å²) in [6.07, 6.45) is 0. The quantitative estimate of drug-likeness (QED) is 0.825. The molecule has 2 rings (SSSR count). The fraction of sp³-hybridized carbons (Fsp3) is 0.182. The molecule has 0 bridgehead atoms. The molecule has 96 valence electrons. The third-order valence-electron chi connectivity index (χ3n) is 2.37. The molecule has 0 saturated heterocycles. The monoisotopic (exact) mass is 285 g/mol. The summed E-state index contributed by atoms with van der Waals surface area (Å²) in [4.78, 5) is 4.28. The zero-order valence-electron chi connectivity index (χ0n) is 9.43. The van der Waals surface area contributed by atoms with Gasteiger partial charge >= 0.3 is 0 Å². The molecule has 0 aliphatic heterocycles. The van der Waals surface area contributed by atoms with Crippen LogP contribution < -0.4 is 10.5 Å². The third-order valence-corrected chi connectivity index (χ3v) is 4.04. The largest absolute Gasteiger partial charge is 0.329 e. The predicted molar refractivity (Wildman–Crippen MR) is 71.0 cm³/mol. The molecule has 1 aromatic heterocycles. The number of sulfonamides is 1. The Hall–Kier alpha value is -1.21. The fourth-order valence-electron chi connectivity index (χ4n) is 1.52. The first-order valence-corrected chi connectivity index (χ1v) is 7.15. The fourth-order valence-corrected chi connectivity index (χ4v) is 2.76. The Bertz CT molecular complexity index is 673. The molecule has 0 atom stereocenters. The second-order valence-electron chi connectivity index (χ2n) is 3.67. The molecule has 1 heterocycles. The van der Waals surface area contributed by atoms with Gasteiger partial charge in [-0.15, -0.1) is 0 Å². The van der Waals surface area contributed by atoms with Gasteiger partial charge in [0.1, 0.15) is 5.15 Å². The Balaban J connectivity index is 2.44. The first kappa shape index (κ1) is 13.2. The van der Waals surface area contributed by atoms with Crippen LogP contribution in [0.3, 0.4) is 0 Å². The number of benzene rings is 1. The van der Waals surface area contributed by atoms with E-state index >= 15 is 0 Å². The number of rotatable bonds is 4. The average molecular weight is 286 g/mol. The Labute approximate surface area is 110 Å². The standard InChI is InChI=1S/C11H12ClN3O2S/c12-11-4-1-8-7-9(2-3-10(8)15-11)18(16,17)14-6-5-13/h1-4,7,14H,5-6,13H2. The smallest absolute Gasteiger partial charge is 0.240 e. The number of aromatic nitrogens is 1. The summed E-state index contributed by atoms with van der Waals surface area (Å²) >= 11 is 5.76. The lowest BCUT2D eigenvalue weighted by molar-refractivity contribution is 0.582. The topological polar surface area (TPSA) is 85.1 Å². The Kier molecular flexibility index (Phi) is 3.82. The van der Waals surface area contributed by atoms with Crippen molar-refractivity contribution in [3.8, 4) is 0 Å². The number of pyridine rings is 1. The number of fused-ring (bicyclic) bond motifs is 1. The van der Waals surface area contributed by atoms with Gasteiger partial charge in [-0.1, -0.05) is 11.6 Å². The molecule has 0 amide bonds. The van der Waals surface area contributed by atoms with Crippen molar-refractivity contribution in [1.29, 1.82) is 0 Å². The van der Waals surface area contributed by atoms with Crippen molar-refractivity contribution in [3.05, 3.63) is 35.5 Å². The van der Waals surface area contributed by atoms with Crippen LogP contribution in [0.15, 0.2) is 35.2 Å². The van der Waals surface area contributed by atoms with Crippen LogP contribution in [0.2, 0.25) is 5.15 Å². The lowest BCUT2D eigenvalue weighted by Crippen LogP contribution is -2.29. The van der Waals surface area contributed by atoms with Crippen LogP contribution in [0.1, 0.15) is 0 Å². The lowest BCUT2D eigenvalue weighted by Gasteiger charge is -2.06. The number of nitrogens with one attached hydrogen (secondary N) is 1. The van der Waals surface area contributed by atoms with Crippen molar-refractivity contribution in [3.63, 3.8) is 0 Å². The van der Waals surface area contributed by atoms with Crippen molar-refractivity contribution in [2.24, 2.45) is 5.73 Å². The van der Waals surface area contributed by atoms with Gasteiger partial charge in [-0.3, -0.25) is 0 Å². The van der Waals surface area contributed by atoms with Crippen LogP contribution in [-0.2, 0) is 10.0 Å². The molecule has 3 N–H and O–H groups in total. The van der Waals surface area contributed by atoms with Crippen LogP contribution in [0, 0.1) is 0 Å². The molecule has 7 heteroatoms. The highest BCUT2D eigenvalue weighted by Gasteiger charge is 2.13. The van der Waals surface area contributed by atoms with Crippen molar-refractivity contribution in [2.75, 3.05) is 13.1 Å². The molecule has 0 aliphatic carbocycles. The number of hydrogen-bond acceptors (Lipinski definition) is 4. The molecular weight excluding hydrogens is 274 g/mol. The van der Waals surface area contributed by atoms with E-state index in [9.17, 15) is 8.42 Å². The summed E-state index contributed by atoms with van der Waals surface area (Å²) in [5.74, 6) is 0. The number of nitrogens with two attached hydrogens (primary N) is 1. The van der Waals surface area contributed by atoms with E-state index in [1.54, 1.807) is 24.3 Å². The van der Waals surface area contributed by atoms with E-state index in [1.807, 2.05) is 0 Å². The van der Waals surface area contributed by atoms with Gasteiger partial charge in [0.15, 0.2) is 0 Å². The van der Waals surface area contributed by atoms with Gasteiger partial charge in [-0.05, 0) is 30.3 Å². The first-order valence-electron chi connectivity index (χ1n) is 5.29. The third kappa shape index (κ3) is 2.78. The molecule has 2 aromatic rings. The van der Waals surface area contributed by atoms with Crippen molar-refractivity contribution >= 4 is 32.5 Å². The van der Waals surface area contributed by atoms with Crippen LogP contribution >= 0.6 is 11.6 Å². The van der Waals surface area contributed by atoms with E-state index in [1.165, 1.54) is 6.07 Å². The predicted octanol–water partition coefficient (Wildman–Crippen LogP) is 1.13. The van der Waals surface area contributed by atoms with Gasteiger partial charge in [-0.25, -0.2) is 18.1 Å². The second kappa shape index (κ2) is 5.19. The van der Waals surface area contributed by atoms with Crippen molar-refractivity contribution < 1.29 is 8.42 Å². The van der Waals surface area contributed by atoms with E-state index in [0.29, 0.717) is 10.7 Å². The average Bonchev–Trinajstić information content (AvgIpc) is 2.35. The summed E-state index contributed by atoms with van der Waals surface area (Å²) in [5.41, 5.74) is 5.92. The molecule has 18 heavy (non-hydrogen) atoms. The van der Waals surface area contributed by atoms with Crippen LogP contribution in [0.5, 0.6) is 0 Å². The molecule has 0 aliphatic rings. The van der Waals surface area contributed by atoms with Crippen molar-refractivity contribution in [1.82, 2.24) is 9.71 Å². The summed E-state index contributed by atoms with van der Waals surface area (Å²) < 4.78 is 26.2. The van der Waals surface area contributed by atoms with Crippen LogP contribution in [0.4, 0.5) is 0 Å². The molecule has 0 unspecified atom stereocenters.